The van der Waals surface area contributed by atoms with Gasteiger partial charge in [0.2, 0.25) is 6.79 Å². The molecule has 0 spiro atoms. The average molecular weight is 218 g/mol. The molecule has 5 heteroatoms. The zero-order valence-corrected chi connectivity index (χ0v) is 8.69. The summed E-state index contributed by atoms with van der Waals surface area (Å²) >= 11 is 0. The number of nitrogens with zero attached hydrogens (tertiary/aromatic N) is 1. The van der Waals surface area contributed by atoms with Crippen LogP contribution in [-0.4, -0.2) is 23.9 Å². The number of rotatable bonds is 2. The summed E-state index contributed by atoms with van der Waals surface area (Å²) < 4.78 is 15.5. The molecule has 0 radical (unpaired) electrons. The van der Waals surface area contributed by atoms with E-state index >= 15 is 0 Å². The molecule has 1 aliphatic rings. The van der Waals surface area contributed by atoms with Crippen molar-refractivity contribution >= 4 is 0 Å². The van der Waals surface area contributed by atoms with E-state index < -0.39 is 0 Å². The van der Waals surface area contributed by atoms with E-state index in [-0.39, 0.29) is 6.79 Å². The van der Waals surface area contributed by atoms with E-state index in [1.165, 1.54) is 0 Å². The fraction of sp³-hybridized carbons (Fsp3) is 0.182. The summed E-state index contributed by atoms with van der Waals surface area (Å²) in [6.45, 7) is 0.283. The number of ether oxygens (including phenoxy) is 3. The summed E-state index contributed by atoms with van der Waals surface area (Å²) in [6, 6.07) is 6.23. The normalized spacial score (nSPS) is 12.8. The number of methoxy groups -OCH3 is 1. The number of benzene rings is 1. The first kappa shape index (κ1) is 9.08. The van der Waals surface area contributed by atoms with E-state index in [1.807, 2.05) is 18.2 Å². The molecule has 2 heterocycles. The highest BCUT2D eigenvalue weighted by Crippen LogP contribution is 2.35. The highest BCUT2D eigenvalue weighted by atomic mass is 16.7. The van der Waals surface area contributed by atoms with Crippen molar-refractivity contribution in [1.29, 1.82) is 0 Å². The molecule has 1 aromatic heterocycles. The molecular formula is C11H10N2O3. The summed E-state index contributed by atoms with van der Waals surface area (Å²) in [6.07, 6.45) is 1.72. The zero-order valence-electron chi connectivity index (χ0n) is 8.69. The van der Waals surface area contributed by atoms with Gasteiger partial charge in [0.05, 0.1) is 19.0 Å². The Morgan fingerprint density at radius 2 is 2.19 bits per heavy atom. The maximum atomic E-state index is 5.31. The second-order valence-electron chi connectivity index (χ2n) is 3.37. The quantitative estimate of drug-likeness (QED) is 0.835. The molecule has 5 nitrogen and oxygen atoms in total. The molecule has 1 aromatic carbocycles. The minimum atomic E-state index is 0.283. The number of hydrogen-bond donors (Lipinski definition) is 1. The van der Waals surface area contributed by atoms with E-state index in [4.69, 9.17) is 14.2 Å². The Kier molecular flexibility index (Phi) is 1.96. The molecule has 0 bridgehead atoms. The van der Waals surface area contributed by atoms with Gasteiger partial charge in [-0.2, -0.15) is 0 Å². The standard InChI is InChI=1S/C11H10N2O3/c1-14-11-12-5-8(13-11)7-2-3-9-10(4-7)16-6-15-9/h2-5H,6H2,1H3,(H,12,13). The zero-order chi connectivity index (χ0) is 11.0. The summed E-state index contributed by atoms with van der Waals surface area (Å²) in [5.74, 6) is 1.53. The lowest BCUT2D eigenvalue weighted by Gasteiger charge is -1.99. The van der Waals surface area contributed by atoms with Crippen molar-refractivity contribution in [3.63, 3.8) is 0 Å². The Balaban J connectivity index is 2.00. The Bertz CT molecular complexity index is 522. The smallest absolute Gasteiger partial charge is 0.293 e. The predicted octanol–water partition coefficient (Wildman–Crippen LogP) is 1.81. The minimum absolute atomic E-state index is 0.283. The van der Waals surface area contributed by atoms with Crippen LogP contribution >= 0.6 is 0 Å². The van der Waals surface area contributed by atoms with Crippen molar-refractivity contribution in [2.24, 2.45) is 0 Å². The number of fused-ring (bicyclic) bond motifs is 1. The van der Waals surface area contributed by atoms with Crippen molar-refractivity contribution in [3.05, 3.63) is 24.4 Å². The fourth-order valence-electron chi connectivity index (χ4n) is 1.62. The van der Waals surface area contributed by atoms with Crippen LogP contribution in [0.3, 0.4) is 0 Å². The van der Waals surface area contributed by atoms with Crippen molar-refractivity contribution in [2.75, 3.05) is 13.9 Å². The second kappa shape index (κ2) is 3.44. The van der Waals surface area contributed by atoms with E-state index in [0.717, 1.165) is 22.8 Å². The number of hydrogen-bond acceptors (Lipinski definition) is 4. The molecule has 1 aliphatic heterocycles. The molecule has 0 amide bonds. The van der Waals surface area contributed by atoms with Crippen LogP contribution in [0.4, 0.5) is 0 Å². The van der Waals surface area contributed by atoms with Crippen LogP contribution < -0.4 is 14.2 Å². The Morgan fingerprint density at radius 1 is 1.31 bits per heavy atom. The summed E-state index contributed by atoms with van der Waals surface area (Å²) in [5, 5.41) is 0. The van der Waals surface area contributed by atoms with Crippen molar-refractivity contribution < 1.29 is 14.2 Å². The molecule has 2 aromatic rings. The van der Waals surface area contributed by atoms with Crippen LogP contribution in [0.25, 0.3) is 11.3 Å². The van der Waals surface area contributed by atoms with Crippen molar-refractivity contribution in [3.8, 4) is 28.8 Å². The number of nitrogens with one attached hydrogen (secondary N) is 1. The van der Waals surface area contributed by atoms with Gasteiger partial charge in [0.15, 0.2) is 11.5 Å². The van der Waals surface area contributed by atoms with E-state index in [2.05, 4.69) is 9.97 Å². The summed E-state index contributed by atoms with van der Waals surface area (Å²) in [5.41, 5.74) is 1.87. The van der Waals surface area contributed by atoms with Crippen LogP contribution in [0.1, 0.15) is 0 Å². The molecule has 82 valence electrons. The topological polar surface area (TPSA) is 56.4 Å². The van der Waals surface area contributed by atoms with Gasteiger partial charge < -0.3 is 19.2 Å². The van der Waals surface area contributed by atoms with Crippen molar-refractivity contribution in [1.82, 2.24) is 9.97 Å². The lowest BCUT2D eigenvalue weighted by molar-refractivity contribution is 0.174. The molecule has 3 rings (SSSR count). The molecular weight excluding hydrogens is 208 g/mol. The van der Waals surface area contributed by atoms with Crippen LogP contribution in [0.2, 0.25) is 0 Å². The SMILES string of the molecule is COc1ncc(-c2ccc3c(c2)OCO3)[nH]1. The van der Waals surface area contributed by atoms with Crippen LogP contribution in [-0.2, 0) is 0 Å². The first-order valence-electron chi connectivity index (χ1n) is 4.86. The average Bonchev–Trinajstić information content (AvgIpc) is 2.96. The molecule has 0 unspecified atom stereocenters. The van der Waals surface area contributed by atoms with Gasteiger partial charge in [-0.1, -0.05) is 0 Å². The Morgan fingerprint density at radius 3 is 3.00 bits per heavy atom. The van der Waals surface area contributed by atoms with E-state index in [0.29, 0.717) is 6.01 Å². The van der Waals surface area contributed by atoms with Gasteiger partial charge in [-0.15, -0.1) is 0 Å². The van der Waals surface area contributed by atoms with Gasteiger partial charge in [0.1, 0.15) is 0 Å². The third kappa shape index (κ3) is 1.37. The Hall–Kier alpha value is -2.17. The monoisotopic (exact) mass is 218 g/mol. The number of H-pyrrole nitrogens is 1. The second-order valence-corrected chi connectivity index (χ2v) is 3.37. The lowest BCUT2D eigenvalue weighted by Crippen LogP contribution is -1.92. The highest BCUT2D eigenvalue weighted by Gasteiger charge is 2.14. The highest BCUT2D eigenvalue weighted by molar-refractivity contribution is 5.64. The molecule has 16 heavy (non-hydrogen) atoms. The van der Waals surface area contributed by atoms with Crippen LogP contribution in [0, 0.1) is 0 Å². The molecule has 0 saturated carbocycles. The van der Waals surface area contributed by atoms with Crippen LogP contribution in [0.15, 0.2) is 24.4 Å². The van der Waals surface area contributed by atoms with Gasteiger partial charge >= 0.3 is 0 Å². The lowest BCUT2D eigenvalue weighted by atomic mass is 10.1. The molecule has 0 atom stereocenters. The summed E-state index contributed by atoms with van der Waals surface area (Å²) in [7, 11) is 1.57. The Labute approximate surface area is 92.0 Å². The molecule has 0 aliphatic carbocycles. The first-order valence-corrected chi connectivity index (χ1v) is 4.86. The van der Waals surface area contributed by atoms with Gasteiger partial charge in [-0.25, -0.2) is 4.98 Å². The summed E-state index contributed by atoms with van der Waals surface area (Å²) in [4.78, 5) is 7.10. The number of aromatic nitrogens is 2. The fourth-order valence-corrected chi connectivity index (χ4v) is 1.62. The maximum absolute atomic E-state index is 5.31. The van der Waals surface area contributed by atoms with Gasteiger partial charge in [-0.05, 0) is 18.2 Å². The van der Waals surface area contributed by atoms with Crippen molar-refractivity contribution in [2.45, 2.75) is 0 Å². The van der Waals surface area contributed by atoms with E-state index in [1.54, 1.807) is 13.3 Å². The number of aromatic amines is 1. The minimum Gasteiger partial charge on any atom is -0.468 e. The molecule has 0 saturated heterocycles. The third-order valence-electron chi connectivity index (χ3n) is 2.43. The van der Waals surface area contributed by atoms with Gasteiger partial charge in [-0.3, -0.25) is 0 Å². The van der Waals surface area contributed by atoms with Crippen LogP contribution in [0.5, 0.6) is 17.5 Å². The molecule has 1 N–H and O–H groups in total. The maximum Gasteiger partial charge on any atom is 0.293 e. The third-order valence-corrected chi connectivity index (χ3v) is 2.43. The van der Waals surface area contributed by atoms with Gasteiger partial charge in [0.25, 0.3) is 6.01 Å². The predicted molar refractivity (Wildman–Crippen MR) is 56.7 cm³/mol. The first-order chi connectivity index (χ1) is 7.86. The largest absolute Gasteiger partial charge is 0.468 e. The number of imidazole rings is 1. The van der Waals surface area contributed by atoms with Gasteiger partial charge in [0, 0.05) is 5.56 Å². The molecule has 0 fully saturated rings. The van der Waals surface area contributed by atoms with E-state index in [9.17, 15) is 0 Å².